The predicted octanol–water partition coefficient (Wildman–Crippen LogP) is 6.27. The van der Waals surface area contributed by atoms with Crippen molar-refractivity contribution in [2.75, 3.05) is 29.1 Å². The first-order chi connectivity index (χ1) is 17.1. The molecule has 0 saturated heterocycles. The largest absolute Gasteiger partial charge is 0.494 e. The molecule has 0 atom stereocenters. The molecule has 35 heavy (non-hydrogen) atoms. The van der Waals surface area contributed by atoms with Gasteiger partial charge in [-0.1, -0.05) is 68.7 Å². The van der Waals surface area contributed by atoms with E-state index >= 15 is 0 Å². The van der Waals surface area contributed by atoms with Crippen molar-refractivity contribution in [2.45, 2.75) is 45.4 Å². The van der Waals surface area contributed by atoms with Crippen molar-refractivity contribution in [1.29, 1.82) is 0 Å². The van der Waals surface area contributed by atoms with Crippen molar-refractivity contribution >= 4 is 28.9 Å². The van der Waals surface area contributed by atoms with Gasteiger partial charge in [0.2, 0.25) is 11.8 Å². The summed E-state index contributed by atoms with van der Waals surface area (Å²) in [5, 5.41) is 8.92. The third-order valence-electron chi connectivity index (χ3n) is 5.47. The van der Waals surface area contributed by atoms with Gasteiger partial charge in [-0.3, -0.25) is 9.59 Å². The number of unbranched alkanes of at least 4 members (excludes halogenated alkanes) is 3. The van der Waals surface area contributed by atoms with Crippen molar-refractivity contribution in [2.24, 2.45) is 0 Å². The summed E-state index contributed by atoms with van der Waals surface area (Å²) in [5.74, 6) is 0.543. The van der Waals surface area contributed by atoms with Gasteiger partial charge in [0, 0.05) is 29.5 Å². The standard InChI is InChI=1S/C29H35N3O3/c1-2-3-4-8-19-35-27-16-10-15-26(21-27)32-29(34)22-30-24-13-9-14-25(20-24)31-28(33)18-17-23-11-6-5-7-12-23/h5-7,9-16,20-21,30H,2-4,8,17-19,22H2,1H3,(H,31,33)(H,32,34). The molecule has 0 bridgehead atoms. The Hall–Kier alpha value is -3.80. The SMILES string of the molecule is CCCCCCOc1cccc(NC(=O)CNc2cccc(NC(=O)CCc3ccccc3)c2)c1. The lowest BCUT2D eigenvalue weighted by Crippen LogP contribution is -2.21. The second-order valence-corrected chi connectivity index (χ2v) is 8.45. The number of hydrogen-bond acceptors (Lipinski definition) is 4. The van der Waals surface area contributed by atoms with E-state index in [2.05, 4.69) is 22.9 Å². The number of aryl methyl sites for hydroxylation is 1. The third-order valence-corrected chi connectivity index (χ3v) is 5.47. The van der Waals surface area contributed by atoms with E-state index in [9.17, 15) is 9.59 Å². The first kappa shape index (κ1) is 25.8. The first-order valence-corrected chi connectivity index (χ1v) is 12.3. The lowest BCUT2D eigenvalue weighted by Gasteiger charge is -2.11. The minimum atomic E-state index is -0.164. The van der Waals surface area contributed by atoms with Gasteiger partial charge in [-0.2, -0.15) is 0 Å². The average Bonchev–Trinajstić information content (AvgIpc) is 2.87. The van der Waals surface area contributed by atoms with E-state index in [1.165, 1.54) is 12.8 Å². The number of rotatable bonds is 14. The maximum Gasteiger partial charge on any atom is 0.243 e. The Kier molecular flexibility index (Phi) is 10.7. The molecule has 6 heteroatoms. The van der Waals surface area contributed by atoms with E-state index in [0.717, 1.165) is 29.8 Å². The molecule has 0 fully saturated rings. The van der Waals surface area contributed by atoms with Crippen molar-refractivity contribution < 1.29 is 14.3 Å². The van der Waals surface area contributed by atoms with Gasteiger partial charge >= 0.3 is 0 Å². The summed E-state index contributed by atoms with van der Waals surface area (Å²) in [6.45, 7) is 2.97. The van der Waals surface area contributed by atoms with Crippen LogP contribution in [0.3, 0.4) is 0 Å². The molecule has 3 N–H and O–H groups in total. The molecule has 3 aromatic rings. The monoisotopic (exact) mass is 473 g/mol. The van der Waals surface area contributed by atoms with Crippen molar-refractivity contribution in [3.05, 3.63) is 84.4 Å². The first-order valence-electron chi connectivity index (χ1n) is 12.3. The highest BCUT2D eigenvalue weighted by Gasteiger charge is 2.06. The van der Waals surface area contributed by atoms with Gasteiger partial charge in [-0.25, -0.2) is 0 Å². The highest BCUT2D eigenvalue weighted by Crippen LogP contribution is 2.19. The minimum Gasteiger partial charge on any atom is -0.494 e. The second-order valence-electron chi connectivity index (χ2n) is 8.45. The molecule has 0 heterocycles. The second kappa shape index (κ2) is 14.5. The Morgan fingerprint density at radius 1 is 0.743 bits per heavy atom. The molecule has 0 aromatic heterocycles. The molecule has 0 aliphatic carbocycles. The number of nitrogens with one attached hydrogen (secondary N) is 3. The molecule has 0 aliphatic rings. The van der Waals surface area contributed by atoms with Crippen LogP contribution in [-0.2, 0) is 16.0 Å². The highest BCUT2D eigenvalue weighted by atomic mass is 16.5. The number of hydrogen-bond donors (Lipinski definition) is 3. The van der Waals surface area contributed by atoms with Gasteiger partial charge in [0.05, 0.1) is 13.2 Å². The molecule has 3 rings (SSSR count). The van der Waals surface area contributed by atoms with Gasteiger partial charge < -0.3 is 20.7 Å². The molecule has 3 aromatic carbocycles. The molecule has 0 unspecified atom stereocenters. The van der Waals surface area contributed by atoms with Crippen LogP contribution in [0.5, 0.6) is 5.75 Å². The van der Waals surface area contributed by atoms with Gasteiger partial charge in [0.15, 0.2) is 0 Å². The summed E-state index contributed by atoms with van der Waals surface area (Å²) in [5.41, 5.74) is 3.28. The van der Waals surface area contributed by atoms with Crippen LogP contribution in [-0.4, -0.2) is 25.0 Å². The quantitative estimate of drug-likeness (QED) is 0.241. The van der Waals surface area contributed by atoms with Crippen LogP contribution in [0, 0.1) is 0 Å². The normalized spacial score (nSPS) is 10.4. The number of carbonyl (C=O) groups is 2. The van der Waals surface area contributed by atoms with Crippen LogP contribution < -0.4 is 20.7 Å². The van der Waals surface area contributed by atoms with Crippen LogP contribution in [0.15, 0.2) is 78.9 Å². The summed E-state index contributed by atoms with van der Waals surface area (Å²) >= 11 is 0. The molecular formula is C29H35N3O3. The van der Waals surface area contributed by atoms with Crippen LogP contribution in [0.25, 0.3) is 0 Å². The van der Waals surface area contributed by atoms with Gasteiger partial charge in [-0.15, -0.1) is 0 Å². The number of ether oxygens (including phenoxy) is 1. The lowest BCUT2D eigenvalue weighted by molar-refractivity contribution is -0.116. The average molecular weight is 474 g/mol. The van der Waals surface area contributed by atoms with Gasteiger partial charge in [0.25, 0.3) is 0 Å². The predicted molar refractivity (Wildman–Crippen MR) is 143 cm³/mol. The lowest BCUT2D eigenvalue weighted by atomic mass is 10.1. The van der Waals surface area contributed by atoms with Crippen molar-refractivity contribution in [3.8, 4) is 5.75 Å². The number of anilines is 3. The van der Waals surface area contributed by atoms with E-state index in [1.807, 2.05) is 78.9 Å². The summed E-state index contributed by atoms with van der Waals surface area (Å²) in [6.07, 6.45) is 5.71. The van der Waals surface area contributed by atoms with E-state index in [4.69, 9.17) is 4.74 Å². The van der Waals surface area contributed by atoms with E-state index in [1.54, 1.807) is 0 Å². The summed E-state index contributed by atoms with van der Waals surface area (Å²) in [7, 11) is 0. The highest BCUT2D eigenvalue weighted by molar-refractivity contribution is 5.94. The fourth-order valence-corrected chi connectivity index (χ4v) is 3.60. The molecule has 0 saturated carbocycles. The molecule has 184 valence electrons. The van der Waals surface area contributed by atoms with Gasteiger partial charge in [0.1, 0.15) is 5.75 Å². The van der Waals surface area contributed by atoms with Crippen LogP contribution in [0.1, 0.15) is 44.6 Å². The zero-order valence-corrected chi connectivity index (χ0v) is 20.4. The Morgan fingerprint density at radius 2 is 1.46 bits per heavy atom. The Morgan fingerprint density at radius 3 is 2.26 bits per heavy atom. The van der Waals surface area contributed by atoms with Gasteiger partial charge in [-0.05, 0) is 48.7 Å². The molecule has 0 radical (unpaired) electrons. The Labute approximate surface area is 208 Å². The van der Waals surface area contributed by atoms with Crippen molar-refractivity contribution in [1.82, 2.24) is 0 Å². The molecule has 0 aliphatic heterocycles. The van der Waals surface area contributed by atoms with E-state index < -0.39 is 0 Å². The summed E-state index contributed by atoms with van der Waals surface area (Å²) < 4.78 is 5.79. The fraction of sp³-hybridized carbons (Fsp3) is 0.310. The van der Waals surface area contributed by atoms with Crippen LogP contribution in [0.4, 0.5) is 17.1 Å². The minimum absolute atomic E-state index is 0.0452. The van der Waals surface area contributed by atoms with Crippen LogP contribution >= 0.6 is 0 Å². The zero-order valence-electron chi connectivity index (χ0n) is 20.4. The zero-order chi connectivity index (χ0) is 24.7. The summed E-state index contributed by atoms with van der Waals surface area (Å²) in [6, 6.07) is 24.7. The molecule has 2 amide bonds. The molecule has 6 nitrogen and oxygen atoms in total. The van der Waals surface area contributed by atoms with E-state index in [-0.39, 0.29) is 18.4 Å². The van der Waals surface area contributed by atoms with E-state index in [0.29, 0.717) is 30.8 Å². The number of amides is 2. The molecule has 0 spiro atoms. The Balaban J connectivity index is 1.41. The fourth-order valence-electron chi connectivity index (χ4n) is 3.60. The third kappa shape index (κ3) is 9.92. The number of carbonyl (C=O) groups excluding carboxylic acids is 2. The molecular weight excluding hydrogens is 438 g/mol. The number of benzene rings is 3. The van der Waals surface area contributed by atoms with Crippen molar-refractivity contribution in [3.63, 3.8) is 0 Å². The van der Waals surface area contributed by atoms with Crippen LogP contribution in [0.2, 0.25) is 0 Å². The summed E-state index contributed by atoms with van der Waals surface area (Å²) in [4.78, 5) is 24.7. The smallest absolute Gasteiger partial charge is 0.243 e. The maximum atomic E-state index is 12.4. The maximum absolute atomic E-state index is 12.4. The Bertz CT molecular complexity index is 1070. The topological polar surface area (TPSA) is 79.5 Å².